The van der Waals surface area contributed by atoms with Crippen molar-refractivity contribution in [2.45, 2.75) is 6.42 Å². The van der Waals surface area contributed by atoms with Gasteiger partial charge in [0.15, 0.2) is 0 Å². The van der Waals surface area contributed by atoms with Gasteiger partial charge in [0.2, 0.25) is 5.91 Å². The minimum atomic E-state index is -0.477. The summed E-state index contributed by atoms with van der Waals surface area (Å²) in [6.45, 7) is 0.551. The smallest absolute Gasteiger partial charge is 0.250 e. The van der Waals surface area contributed by atoms with Gasteiger partial charge in [0, 0.05) is 19.2 Å². The molecule has 0 aliphatic rings. The van der Waals surface area contributed by atoms with E-state index in [9.17, 15) is 9.18 Å². The van der Waals surface area contributed by atoms with E-state index < -0.39 is 5.82 Å². The second kappa shape index (κ2) is 9.88. The van der Waals surface area contributed by atoms with E-state index in [1.807, 2.05) is 0 Å². The topological polar surface area (TPSA) is 67.8 Å². The summed E-state index contributed by atoms with van der Waals surface area (Å²) < 4.78 is 23.4. The zero-order valence-corrected chi connectivity index (χ0v) is 11.8. The summed E-state index contributed by atoms with van der Waals surface area (Å²) in [4.78, 5) is 11.6. The van der Waals surface area contributed by atoms with Gasteiger partial charge in [-0.1, -0.05) is 11.8 Å². The van der Waals surface area contributed by atoms with Crippen LogP contribution < -0.4 is 5.32 Å². The van der Waals surface area contributed by atoms with Crippen molar-refractivity contribution in [3.05, 3.63) is 29.6 Å². The number of halogens is 1. The van der Waals surface area contributed by atoms with Crippen molar-refractivity contribution >= 4 is 11.6 Å². The summed E-state index contributed by atoms with van der Waals surface area (Å²) in [6, 6.07) is 4.11. The maximum absolute atomic E-state index is 13.5. The third-order valence-corrected chi connectivity index (χ3v) is 2.37. The Morgan fingerprint density at radius 1 is 1.43 bits per heavy atom. The number of aliphatic hydroxyl groups is 1. The molecule has 2 N–H and O–H groups in total. The Balaban J connectivity index is 2.57. The van der Waals surface area contributed by atoms with Crippen LogP contribution in [0.5, 0.6) is 0 Å². The number of carbonyl (C=O) groups excluding carboxylic acids is 1. The molecule has 1 amide bonds. The lowest BCUT2D eigenvalue weighted by atomic mass is 10.2. The Bertz CT molecular complexity index is 522. The Morgan fingerprint density at radius 2 is 2.24 bits per heavy atom. The first-order valence-electron chi connectivity index (χ1n) is 6.43. The fraction of sp³-hybridized carbons (Fsp3) is 0.400. The van der Waals surface area contributed by atoms with Crippen LogP contribution in [0.2, 0.25) is 0 Å². The predicted octanol–water partition coefficient (Wildman–Crippen LogP) is 1.16. The van der Waals surface area contributed by atoms with Crippen molar-refractivity contribution in [1.29, 1.82) is 0 Å². The minimum absolute atomic E-state index is 0.0795. The number of hydrogen-bond acceptors (Lipinski definition) is 4. The van der Waals surface area contributed by atoms with Gasteiger partial charge in [-0.05, 0) is 18.2 Å². The molecule has 0 saturated heterocycles. The number of amides is 1. The monoisotopic (exact) mass is 295 g/mol. The highest BCUT2D eigenvalue weighted by Gasteiger charge is 2.05. The van der Waals surface area contributed by atoms with E-state index in [2.05, 4.69) is 17.2 Å². The zero-order valence-electron chi connectivity index (χ0n) is 11.8. The summed E-state index contributed by atoms with van der Waals surface area (Å²) in [5, 5.41) is 11.2. The van der Waals surface area contributed by atoms with Crippen LogP contribution in [0.25, 0.3) is 0 Å². The number of rotatable bonds is 7. The maximum atomic E-state index is 13.5. The van der Waals surface area contributed by atoms with Crippen LogP contribution in [0.1, 0.15) is 12.0 Å². The van der Waals surface area contributed by atoms with Crippen molar-refractivity contribution in [2.24, 2.45) is 0 Å². The van der Waals surface area contributed by atoms with Crippen LogP contribution >= 0.6 is 0 Å². The van der Waals surface area contributed by atoms with E-state index in [4.69, 9.17) is 14.6 Å². The zero-order chi connectivity index (χ0) is 15.5. The van der Waals surface area contributed by atoms with Crippen LogP contribution in [-0.4, -0.2) is 44.6 Å². The second-order valence-electron chi connectivity index (χ2n) is 4.06. The SMILES string of the molecule is COCCOCC(=O)Nc1ccc(F)c(C#CCCO)c1. The molecule has 0 unspecified atom stereocenters. The van der Waals surface area contributed by atoms with Crippen molar-refractivity contribution in [3.63, 3.8) is 0 Å². The predicted molar refractivity (Wildman–Crippen MR) is 76.3 cm³/mol. The van der Waals surface area contributed by atoms with Crippen LogP contribution in [0, 0.1) is 17.7 Å². The van der Waals surface area contributed by atoms with Crippen LogP contribution in [0.15, 0.2) is 18.2 Å². The van der Waals surface area contributed by atoms with E-state index in [1.54, 1.807) is 7.11 Å². The number of anilines is 1. The number of nitrogens with one attached hydrogen (secondary N) is 1. The lowest BCUT2D eigenvalue weighted by Crippen LogP contribution is -2.19. The van der Waals surface area contributed by atoms with Gasteiger partial charge in [0.1, 0.15) is 12.4 Å². The summed E-state index contributed by atoms with van der Waals surface area (Å²) in [5.41, 5.74) is 0.603. The van der Waals surface area contributed by atoms with Crippen molar-refractivity contribution in [1.82, 2.24) is 0 Å². The second-order valence-corrected chi connectivity index (χ2v) is 4.06. The van der Waals surface area contributed by atoms with E-state index >= 15 is 0 Å². The fourth-order valence-corrected chi connectivity index (χ4v) is 1.42. The van der Waals surface area contributed by atoms with E-state index in [-0.39, 0.29) is 31.1 Å². The van der Waals surface area contributed by atoms with Crippen LogP contribution in [0.3, 0.4) is 0 Å². The molecule has 21 heavy (non-hydrogen) atoms. The van der Waals surface area contributed by atoms with Gasteiger partial charge in [-0.3, -0.25) is 4.79 Å². The number of ether oxygens (including phenoxy) is 2. The number of carbonyl (C=O) groups is 1. The van der Waals surface area contributed by atoms with E-state index in [1.165, 1.54) is 18.2 Å². The standard InChI is InChI=1S/C15H18FNO4/c1-20-8-9-21-11-15(19)17-13-5-6-14(16)12(10-13)4-2-3-7-18/h5-6,10,18H,3,7-9,11H2,1H3,(H,17,19). The quantitative estimate of drug-likeness (QED) is 0.585. The average Bonchev–Trinajstić information content (AvgIpc) is 2.47. The maximum Gasteiger partial charge on any atom is 0.250 e. The first-order valence-corrected chi connectivity index (χ1v) is 6.43. The average molecular weight is 295 g/mol. The number of aliphatic hydroxyl groups excluding tert-OH is 1. The molecule has 0 heterocycles. The van der Waals surface area contributed by atoms with E-state index in [0.717, 1.165) is 0 Å². The Hall–Kier alpha value is -1.94. The molecule has 0 aliphatic heterocycles. The largest absolute Gasteiger partial charge is 0.395 e. The highest BCUT2D eigenvalue weighted by Crippen LogP contribution is 2.14. The molecule has 0 aliphatic carbocycles. The summed E-state index contributed by atoms with van der Waals surface area (Å²) in [6.07, 6.45) is 0.267. The van der Waals surface area contributed by atoms with Gasteiger partial charge in [-0.25, -0.2) is 4.39 Å². The fourth-order valence-electron chi connectivity index (χ4n) is 1.42. The first-order chi connectivity index (χ1) is 10.2. The Labute approximate surface area is 123 Å². The molecule has 0 saturated carbocycles. The molecule has 1 aromatic carbocycles. The van der Waals surface area contributed by atoms with Gasteiger partial charge in [0.25, 0.3) is 0 Å². The third kappa shape index (κ3) is 6.86. The van der Waals surface area contributed by atoms with Crippen molar-refractivity contribution in [3.8, 4) is 11.8 Å². The number of hydrogen-bond donors (Lipinski definition) is 2. The lowest BCUT2D eigenvalue weighted by Gasteiger charge is -2.07. The molecular formula is C15H18FNO4. The summed E-state index contributed by atoms with van der Waals surface area (Å²) in [7, 11) is 1.54. The Kier molecular flexibility index (Phi) is 8.05. The third-order valence-electron chi connectivity index (χ3n) is 2.37. The highest BCUT2D eigenvalue weighted by atomic mass is 19.1. The van der Waals surface area contributed by atoms with Gasteiger partial charge in [-0.15, -0.1) is 0 Å². The molecule has 0 bridgehead atoms. The summed E-state index contributed by atoms with van der Waals surface area (Å²) >= 11 is 0. The van der Waals surface area contributed by atoms with Crippen LogP contribution in [-0.2, 0) is 14.3 Å². The van der Waals surface area contributed by atoms with Gasteiger partial charge in [0.05, 0.1) is 25.4 Å². The molecule has 0 aromatic heterocycles. The Morgan fingerprint density at radius 3 is 2.95 bits per heavy atom. The normalized spacial score (nSPS) is 9.86. The van der Waals surface area contributed by atoms with Gasteiger partial charge >= 0.3 is 0 Å². The first kappa shape index (κ1) is 17.1. The minimum Gasteiger partial charge on any atom is -0.395 e. The van der Waals surface area contributed by atoms with Gasteiger partial charge < -0.3 is 19.9 Å². The number of methoxy groups -OCH3 is 1. The van der Waals surface area contributed by atoms with Crippen molar-refractivity contribution < 1.29 is 23.8 Å². The molecule has 0 spiro atoms. The molecule has 1 rings (SSSR count). The molecule has 1 aromatic rings. The van der Waals surface area contributed by atoms with Crippen LogP contribution in [0.4, 0.5) is 10.1 Å². The van der Waals surface area contributed by atoms with E-state index in [0.29, 0.717) is 18.9 Å². The van der Waals surface area contributed by atoms with Gasteiger partial charge in [-0.2, -0.15) is 0 Å². The molecular weight excluding hydrogens is 277 g/mol. The van der Waals surface area contributed by atoms with Crippen molar-refractivity contribution in [2.75, 3.05) is 38.9 Å². The molecule has 114 valence electrons. The molecule has 0 radical (unpaired) electrons. The lowest BCUT2D eigenvalue weighted by molar-refractivity contribution is -0.121. The highest BCUT2D eigenvalue weighted by molar-refractivity contribution is 5.91. The molecule has 0 fully saturated rings. The molecule has 5 nitrogen and oxygen atoms in total. The molecule has 0 atom stereocenters. The summed E-state index contributed by atoms with van der Waals surface area (Å²) in [5.74, 6) is 4.42. The number of benzene rings is 1. The molecule has 6 heteroatoms.